The van der Waals surface area contributed by atoms with Crippen LogP contribution in [0.1, 0.15) is 5.56 Å². The number of aliphatic imine (C=N–C) groups is 1. The molecule has 1 aromatic carbocycles. The van der Waals surface area contributed by atoms with Gasteiger partial charge in [-0.3, -0.25) is 9.69 Å². The van der Waals surface area contributed by atoms with Crippen LogP contribution in [0.15, 0.2) is 63.9 Å². The predicted octanol–water partition coefficient (Wildman–Crippen LogP) is 3.85. The molecule has 0 radical (unpaired) electrons. The first kappa shape index (κ1) is 14.6. The standard InChI is InChI=1S/C15H8ClF3N2O/c16-11-7-10(15(17,18)19)8-21-13(11)20-12(14(21)22)6-9-4-2-1-3-5-9/h1-8H/b12-6-. The zero-order valence-corrected chi connectivity index (χ0v) is 11.7. The third kappa shape index (κ3) is 2.57. The molecule has 1 aromatic rings. The van der Waals surface area contributed by atoms with Crippen molar-refractivity contribution in [2.45, 2.75) is 6.18 Å². The Bertz CT molecular complexity index is 761. The summed E-state index contributed by atoms with van der Waals surface area (Å²) in [4.78, 5) is 17.1. The second-order valence-electron chi connectivity index (χ2n) is 4.63. The van der Waals surface area contributed by atoms with Crippen molar-refractivity contribution in [1.82, 2.24) is 4.90 Å². The number of nitrogens with zero attached hydrogens (tertiary/aromatic N) is 2. The van der Waals surface area contributed by atoms with Gasteiger partial charge >= 0.3 is 6.18 Å². The summed E-state index contributed by atoms with van der Waals surface area (Å²) in [5.41, 5.74) is -0.242. The quantitative estimate of drug-likeness (QED) is 0.722. The van der Waals surface area contributed by atoms with Crippen LogP contribution < -0.4 is 0 Å². The molecule has 2 aliphatic heterocycles. The van der Waals surface area contributed by atoms with Gasteiger partial charge < -0.3 is 0 Å². The molecular formula is C15H8ClF3N2O. The summed E-state index contributed by atoms with van der Waals surface area (Å²) in [5, 5.41) is -0.223. The van der Waals surface area contributed by atoms with E-state index in [4.69, 9.17) is 11.6 Å². The lowest BCUT2D eigenvalue weighted by Crippen LogP contribution is -2.31. The van der Waals surface area contributed by atoms with E-state index in [9.17, 15) is 18.0 Å². The van der Waals surface area contributed by atoms with Gasteiger partial charge in [0.25, 0.3) is 5.91 Å². The minimum absolute atomic E-state index is 0.00171. The Labute approximate surface area is 128 Å². The molecule has 22 heavy (non-hydrogen) atoms. The van der Waals surface area contributed by atoms with Crippen molar-refractivity contribution in [3.8, 4) is 0 Å². The van der Waals surface area contributed by atoms with Gasteiger partial charge in [0, 0.05) is 6.20 Å². The number of amides is 1. The van der Waals surface area contributed by atoms with Crippen LogP contribution in [-0.4, -0.2) is 22.8 Å². The molecule has 112 valence electrons. The van der Waals surface area contributed by atoms with E-state index in [1.165, 1.54) is 6.08 Å². The number of hydrogen-bond acceptors (Lipinski definition) is 2. The fourth-order valence-electron chi connectivity index (χ4n) is 2.06. The molecule has 1 amide bonds. The maximum atomic E-state index is 12.8. The Morgan fingerprint density at radius 3 is 2.50 bits per heavy atom. The van der Waals surface area contributed by atoms with Crippen LogP contribution in [0, 0.1) is 0 Å². The van der Waals surface area contributed by atoms with Gasteiger partial charge in [0.1, 0.15) is 5.70 Å². The van der Waals surface area contributed by atoms with Crippen LogP contribution in [-0.2, 0) is 4.79 Å². The summed E-state index contributed by atoms with van der Waals surface area (Å²) < 4.78 is 38.3. The summed E-state index contributed by atoms with van der Waals surface area (Å²) in [6.45, 7) is 0. The Morgan fingerprint density at radius 1 is 1.18 bits per heavy atom. The van der Waals surface area contributed by atoms with Crippen molar-refractivity contribution in [3.05, 3.63) is 64.5 Å². The summed E-state index contributed by atoms with van der Waals surface area (Å²) in [6.07, 6.45) is -1.62. The molecule has 3 nitrogen and oxygen atoms in total. The predicted molar refractivity (Wildman–Crippen MR) is 76.8 cm³/mol. The summed E-state index contributed by atoms with van der Waals surface area (Å²) >= 11 is 5.82. The highest BCUT2D eigenvalue weighted by Crippen LogP contribution is 2.35. The number of rotatable bonds is 1. The molecule has 0 aliphatic carbocycles. The summed E-state index contributed by atoms with van der Waals surface area (Å²) in [6, 6.07) is 8.88. The van der Waals surface area contributed by atoms with Crippen LogP contribution in [0.2, 0.25) is 0 Å². The molecule has 7 heteroatoms. The van der Waals surface area contributed by atoms with E-state index in [1.807, 2.05) is 6.07 Å². The monoisotopic (exact) mass is 324 g/mol. The molecular weight excluding hydrogens is 317 g/mol. The number of halogens is 4. The number of allylic oxidation sites excluding steroid dienone is 2. The highest BCUT2D eigenvalue weighted by atomic mass is 35.5. The Morgan fingerprint density at radius 2 is 1.86 bits per heavy atom. The van der Waals surface area contributed by atoms with Crippen molar-refractivity contribution in [2.75, 3.05) is 0 Å². The molecule has 0 fully saturated rings. The number of alkyl halides is 3. The Hall–Kier alpha value is -2.34. The molecule has 0 aromatic heterocycles. The van der Waals surface area contributed by atoms with Crippen molar-refractivity contribution in [3.63, 3.8) is 0 Å². The first-order valence-electron chi connectivity index (χ1n) is 6.22. The third-order valence-corrected chi connectivity index (χ3v) is 3.36. The number of carbonyl (C=O) groups is 1. The average molecular weight is 325 g/mol. The SMILES string of the molecule is O=C1/C(=C/c2ccccc2)N=C2C(Cl)=CC(C(F)(F)F)=CN12. The normalized spacial score (nSPS) is 19.8. The van der Waals surface area contributed by atoms with Gasteiger partial charge in [-0.2, -0.15) is 13.2 Å². The number of benzene rings is 1. The van der Waals surface area contributed by atoms with Crippen molar-refractivity contribution >= 4 is 29.4 Å². The summed E-state index contributed by atoms with van der Waals surface area (Å²) in [5.74, 6) is -0.645. The minimum Gasteiger partial charge on any atom is -0.266 e. The lowest BCUT2D eigenvalue weighted by Gasteiger charge is -2.20. The van der Waals surface area contributed by atoms with Gasteiger partial charge in [-0.25, -0.2) is 4.99 Å². The van der Waals surface area contributed by atoms with E-state index in [1.54, 1.807) is 24.3 Å². The lowest BCUT2D eigenvalue weighted by atomic mass is 10.2. The Kier molecular flexibility index (Phi) is 3.41. The zero-order chi connectivity index (χ0) is 15.9. The van der Waals surface area contributed by atoms with Crippen molar-refractivity contribution in [1.29, 1.82) is 0 Å². The molecule has 0 saturated carbocycles. The van der Waals surface area contributed by atoms with Crippen molar-refractivity contribution < 1.29 is 18.0 Å². The van der Waals surface area contributed by atoms with Crippen molar-refractivity contribution in [2.24, 2.45) is 4.99 Å². The Balaban J connectivity index is 2.01. The highest BCUT2D eigenvalue weighted by Gasteiger charge is 2.40. The topological polar surface area (TPSA) is 32.7 Å². The summed E-state index contributed by atoms with van der Waals surface area (Å²) in [7, 11) is 0. The van der Waals surface area contributed by atoms with Gasteiger partial charge in [-0.15, -0.1) is 0 Å². The van der Waals surface area contributed by atoms with Crippen LogP contribution in [0.3, 0.4) is 0 Å². The number of fused-ring (bicyclic) bond motifs is 1. The fourth-order valence-corrected chi connectivity index (χ4v) is 2.31. The van der Waals surface area contributed by atoms with Gasteiger partial charge in [-0.1, -0.05) is 41.9 Å². The largest absolute Gasteiger partial charge is 0.417 e. The maximum absolute atomic E-state index is 12.8. The van der Waals surface area contributed by atoms with Crippen LogP contribution in [0.5, 0.6) is 0 Å². The van der Waals surface area contributed by atoms with Crippen LogP contribution in [0.4, 0.5) is 13.2 Å². The van der Waals surface area contributed by atoms with E-state index in [0.29, 0.717) is 6.20 Å². The lowest BCUT2D eigenvalue weighted by molar-refractivity contribution is -0.121. The minimum atomic E-state index is -4.59. The second kappa shape index (κ2) is 5.14. The second-order valence-corrected chi connectivity index (χ2v) is 5.03. The highest BCUT2D eigenvalue weighted by molar-refractivity contribution is 6.46. The van der Waals surface area contributed by atoms with Gasteiger partial charge in [0.05, 0.1) is 10.6 Å². The molecule has 0 saturated heterocycles. The molecule has 0 N–H and O–H groups in total. The first-order chi connectivity index (χ1) is 10.4. The fraction of sp³-hybridized carbons (Fsp3) is 0.0667. The van der Waals surface area contributed by atoms with Crippen LogP contribution in [0.25, 0.3) is 6.08 Å². The zero-order valence-electron chi connectivity index (χ0n) is 10.9. The van der Waals surface area contributed by atoms with Gasteiger partial charge in [0.15, 0.2) is 5.84 Å². The van der Waals surface area contributed by atoms with Crippen LogP contribution >= 0.6 is 11.6 Å². The molecule has 0 unspecified atom stereocenters. The number of carbonyl (C=O) groups excluding carboxylic acids is 1. The third-order valence-electron chi connectivity index (χ3n) is 3.09. The first-order valence-corrected chi connectivity index (χ1v) is 6.59. The van der Waals surface area contributed by atoms with E-state index in [2.05, 4.69) is 4.99 Å². The molecule has 0 bridgehead atoms. The molecule has 0 atom stereocenters. The molecule has 3 rings (SSSR count). The number of amidine groups is 1. The van der Waals surface area contributed by atoms with E-state index in [-0.39, 0.29) is 16.6 Å². The number of hydrogen-bond donors (Lipinski definition) is 0. The molecule has 2 heterocycles. The maximum Gasteiger partial charge on any atom is 0.417 e. The smallest absolute Gasteiger partial charge is 0.266 e. The molecule has 2 aliphatic rings. The van der Waals surface area contributed by atoms with E-state index in [0.717, 1.165) is 16.5 Å². The van der Waals surface area contributed by atoms with Gasteiger partial charge in [0.2, 0.25) is 0 Å². The van der Waals surface area contributed by atoms with Gasteiger partial charge in [-0.05, 0) is 17.7 Å². The van der Waals surface area contributed by atoms with E-state index < -0.39 is 17.7 Å². The van der Waals surface area contributed by atoms with E-state index >= 15 is 0 Å². The average Bonchev–Trinajstić information content (AvgIpc) is 2.77. The molecule has 0 spiro atoms.